The molecule has 0 spiro atoms. The van der Waals surface area contributed by atoms with E-state index in [0.717, 1.165) is 24.1 Å². The number of rotatable bonds is 3. The van der Waals surface area contributed by atoms with Gasteiger partial charge in [0.1, 0.15) is 6.04 Å². The van der Waals surface area contributed by atoms with E-state index in [4.69, 9.17) is 4.74 Å². The van der Waals surface area contributed by atoms with Crippen molar-refractivity contribution < 1.29 is 14.3 Å². The molecule has 0 fully saturated rings. The average Bonchev–Trinajstić information content (AvgIpc) is 2.73. The lowest BCUT2D eigenvalue weighted by Crippen LogP contribution is -2.22. The average molecular weight is 235 g/mol. The van der Waals surface area contributed by atoms with E-state index in [9.17, 15) is 9.59 Å². The molecule has 0 saturated carbocycles. The first-order chi connectivity index (χ1) is 8.15. The van der Waals surface area contributed by atoms with Crippen molar-refractivity contribution in [1.82, 2.24) is 4.57 Å². The minimum Gasteiger partial charge on any atom is -0.464 e. The molecule has 0 N–H and O–H groups in total. The third-order valence-corrected chi connectivity index (χ3v) is 3.19. The summed E-state index contributed by atoms with van der Waals surface area (Å²) in [5, 5.41) is 0. The maximum Gasteiger partial charge on any atom is 0.328 e. The van der Waals surface area contributed by atoms with Crippen LogP contribution in [0.15, 0.2) is 12.3 Å². The molecule has 4 heteroatoms. The van der Waals surface area contributed by atoms with Crippen LogP contribution in [0, 0.1) is 0 Å². The minimum absolute atomic E-state index is 0.182. The van der Waals surface area contributed by atoms with E-state index in [0.29, 0.717) is 13.0 Å². The molecule has 1 aromatic rings. The first-order valence-corrected chi connectivity index (χ1v) is 6.04. The summed E-state index contributed by atoms with van der Waals surface area (Å²) in [4.78, 5) is 23.4. The molecule has 1 atom stereocenters. The Labute approximate surface area is 101 Å². The van der Waals surface area contributed by atoms with Gasteiger partial charge in [-0.05, 0) is 32.8 Å². The summed E-state index contributed by atoms with van der Waals surface area (Å²) in [7, 11) is 0. The Morgan fingerprint density at radius 1 is 1.53 bits per heavy atom. The summed E-state index contributed by atoms with van der Waals surface area (Å²) in [6.45, 7) is 3.97. The van der Waals surface area contributed by atoms with Crippen LogP contribution in [0.4, 0.5) is 0 Å². The van der Waals surface area contributed by atoms with Gasteiger partial charge in [-0.15, -0.1) is 0 Å². The number of esters is 1. The van der Waals surface area contributed by atoms with Crippen molar-refractivity contribution in [2.75, 3.05) is 6.61 Å². The van der Waals surface area contributed by atoms with E-state index in [1.165, 1.54) is 0 Å². The van der Waals surface area contributed by atoms with Crippen molar-refractivity contribution in [1.29, 1.82) is 0 Å². The van der Waals surface area contributed by atoms with Gasteiger partial charge in [-0.1, -0.05) is 0 Å². The van der Waals surface area contributed by atoms with Gasteiger partial charge in [0.2, 0.25) is 0 Å². The number of hydrogen-bond acceptors (Lipinski definition) is 3. The second-order valence-electron chi connectivity index (χ2n) is 4.29. The normalized spacial score (nSPS) is 16.5. The van der Waals surface area contributed by atoms with Crippen LogP contribution in [-0.2, 0) is 16.0 Å². The zero-order valence-corrected chi connectivity index (χ0v) is 10.2. The van der Waals surface area contributed by atoms with Gasteiger partial charge >= 0.3 is 5.97 Å². The highest BCUT2D eigenvalue weighted by Crippen LogP contribution is 2.25. The van der Waals surface area contributed by atoms with E-state index in [1.807, 2.05) is 16.8 Å². The van der Waals surface area contributed by atoms with Crippen LogP contribution in [-0.4, -0.2) is 22.9 Å². The number of carbonyl (C=O) groups excluding carboxylic acids is 2. The molecule has 1 aliphatic rings. The quantitative estimate of drug-likeness (QED) is 0.754. The Bertz CT molecular complexity index is 448. The molecule has 0 radical (unpaired) electrons. The van der Waals surface area contributed by atoms with Crippen LogP contribution in [0.3, 0.4) is 0 Å². The lowest BCUT2D eigenvalue weighted by molar-refractivity contribution is -0.146. The second-order valence-corrected chi connectivity index (χ2v) is 4.29. The number of Topliss-reactive ketones (excluding diaryl/α,β-unsaturated/α-hetero) is 1. The van der Waals surface area contributed by atoms with Crippen LogP contribution < -0.4 is 0 Å². The summed E-state index contributed by atoms with van der Waals surface area (Å²) in [5.41, 5.74) is 1.74. The largest absolute Gasteiger partial charge is 0.464 e. The SMILES string of the molecule is CCOC(=O)C(C)n1ccc2c1CCCC2=O. The predicted molar refractivity (Wildman–Crippen MR) is 63.0 cm³/mol. The highest BCUT2D eigenvalue weighted by Gasteiger charge is 2.25. The summed E-state index contributed by atoms with van der Waals surface area (Å²) in [6.07, 6.45) is 4.16. The zero-order chi connectivity index (χ0) is 12.4. The fraction of sp³-hybridized carbons (Fsp3) is 0.538. The Balaban J connectivity index is 2.28. The predicted octanol–water partition coefficient (Wildman–Crippen LogP) is 2.13. The van der Waals surface area contributed by atoms with Gasteiger partial charge in [0, 0.05) is 23.9 Å². The maximum absolute atomic E-state index is 11.7. The van der Waals surface area contributed by atoms with Gasteiger partial charge in [0.25, 0.3) is 0 Å². The molecule has 0 bridgehead atoms. The van der Waals surface area contributed by atoms with Crippen molar-refractivity contribution in [3.05, 3.63) is 23.5 Å². The van der Waals surface area contributed by atoms with E-state index >= 15 is 0 Å². The number of fused-ring (bicyclic) bond motifs is 1. The third-order valence-electron chi connectivity index (χ3n) is 3.19. The summed E-state index contributed by atoms with van der Waals surface area (Å²) < 4.78 is 6.87. The van der Waals surface area contributed by atoms with Crippen LogP contribution in [0.2, 0.25) is 0 Å². The Kier molecular flexibility index (Phi) is 3.31. The molecule has 0 amide bonds. The number of ether oxygens (including phenoxy) is 1. The topological polar surface area (TPSA) is 48.3 Å². The van der Waals surface area contributed by atoms with E-state index in [2.05, 4.69) is 0 Å². The summed E-state index contributed by atoms with van der Waals surface area (Å²) in [6, 6.07) is 1.46. The molecule has 92 valence electrons. The van der Waals surface area contributed by atoms with Gasteiger partial charge in [-0.25, -0.2) is 4.79 Å². The lowest BCUT2D eigenvalue weighted by atomic mass is 9.96. The molecule has 1 unspecified atom stereocenters. The maximum atomic E-state index is 11.7. The smallest absolute Gasteiger partial charge is 0.328 e. The van der Waals surface area contributed by atoms with Crippen molar-refractivity contribution in [2.24, 2.45) is 0 Å². The zero-order valence-electron chi connectivity index (χ0n) is 10.2. The highest BCUT2D eigenvalue weighted by molar-refractivity contribution is 5.98. The second kappa shape index (κ2) is 4.73. The molecule has 0 saturated heterocycles. The lowest BCUT2D eigenvalue weighted by Gasteiger charge is -2.19. The third kappa shape index (κ3) is 2.12. The fourth-order valence-corrected chi connectivity index (χ4v) is 2.29. The Morgan fingerprint density at radius 2 is 2.29 bits per heavy atom. The first-order valence-electron chi connectivity index (χ1n) is 6.04. The molecule has 17 heavy (non-hydrogen) atoms. The molecule has 1 aliphatic carbocycles. The molecule has 0 aliphatic heterocycles. The Hall–Kier alpha value is -1.58. The fourth-order valence-electron chi connectivity index (χ4n) is 2.29. The number of carbonyl (C=O) groups is 2. The van der Waals surface area contributed by atoms with E-state index in [-0.39, 0.29) is 17.8 Å². The van der Waals surface area contributed by atoms with Gasteiger partial charge in [-0.3, -0.25) is 4.79 Å². The van der Waals surface area contributed by atoms with Crippen molar-refractivity contribution in [3.63, 3.8) is 0 Å². The van der Waals surface area contributed by atoms with Crippen LogP contribution in [0.1, 0.15) is 48.8 Å². The van der Waals surface area contributed by atoms with Crippen molar-refractivity contribution >= 4 is 11.8 Å². The molecular weight excluding hydrogens is 218 g/mol. The Morgan fingerprint density at radius 3 is 3.00 bits per heavy atom. The van der Waals surface area contributed by atoms with E-state index in [1.54, 1.807) is 13.8 Å². The van der Waals surface area contributed by atoms with Crippen LogP contribution in [0.5, 0.6) is 0 Å². The number of hydrogen-bond donors (Lipinski definition) is 0. The monoisotopic (exact) mass is 235 g/mol. The van der Waals surface area contributed by atoms with Gasteiger partial charge in [0.15, 0.2) is 5.78 Å². The van der Waals surface area contributed by atoms with Crippen molar-refractivity contribution in [2.45, 2.75) is 39.2 Å². The number of ketones is 1. The molecule has 2 rings (SSSR count). The van der Waals surface area contributed by atoms with Gasteiger partial charge < -0.3 is 9.30 Å². The molecule has 0 aromatic carbocycles. The number of aromatic nitrogens is 1. The number of nitrogens with zero attached hydrogens (tertiary/aromatic N) is 1. The van der Waals surface area contributed by atoms with Crippen LogP contribution in [0.25, 0.3) is 0 Å². The van der Waals surface area contributed by atoms with Gasteiger partial charge in [0.05, 0.1) is 6.61 Å². The minimum atomic E-state index is -0.357. The standard InChI is InChI=1S/C13H17NO3/c1-3-17-13(16)9(2)14-8-7-10-11(14)5-4-6-12(10)15/h7-9H,3-6H2,1-2H3. The highest BCUT2D eigenvalue weighted by atomic mass is 16.5. The van der Waals surface area contributed by atoms with E-state index < -0.39 is 0 Å². The molecule has 4 nitrogen and oxygen atoms in total. The van der Waals surface area contributed by atoms with Gasteiger partial charge in [-0.2, -0.15) is 0 Å². The summed E-state index contributed by atoms with van der Waals surface area (Å²) >= 11 is 0. The molecular formula is C13H17NO3. The van der Waals surface area contributed by atoms with Crippen molar-refractivity contribution in [3.8, 4) is 0 Å². The first kappa shape index (κ1) is 11.9. The molecule has 1 heterocycles. The molecule has 1 aromatic heterocycles. The summed E-state index contributed by atoms with van der Waals surface area (Å²) in [5.74, 6) is -0.0648. The van der Waals surface area contributed by atoms with Crippen LogP contribution >= 0.6 is 0 Å².